The van der Waals surface area contributed by atoms with Gasteiger partial charge in [-0.2, -0.15) is 5.10 Å². The second-order valence-corrected chi connectivity index (χ2v) is 8.85. The van der Waals surface area contributed by atoms with E-state index in [9.17, 15) is 4.79 Å². The van der Waals surface area contributed by atoms with Crippen molar-refractivity contribution in [3.05, 3.63) is 70.4 Å². The second kappa shape index (κ2) is 9.69. The van der Waals surface area contributed by atoms with Gasteiger partial charge in [0.15, 0.2) is 0 Å². The Labute approximate surface area is 194 Å². The van der Waals surface area contributed by atoms with E-state index in [1.165, 1.54) is 0 Å². The van der Waals surface area contributed by atoms with Crippen molar-refractivity contribution in [3.63, 3.8) is 0 Å². The predicted molar refractivity (Wildman–Crippen MR) is 126 cm³/mol. The molecule has 0 saturated carbocycles. The topological polar surface area (TPSA) is 67.2 Å². The van der Waals surface area contributed by atoms with Crippen LogP contribution in [0.15, 0.2) is 42.9 Å². The average molecular weight is 453 g/mol. The van der Waals surface area contributed by atoms with Gasteiger partial charge in [-0.25, -0.2) is 4.98 Å². The number of carbonyl (C=O) groups excluding carboxylic acids is 1. The summed E-state index contributed by atoms with van der Waals surface area (Å²) < 4.78 is 1.97. The van der Waals surface area contributed by atoms with Gasteiger partial charge in [-0.3, -0.25) is 14.5 Å². The van der Waals surface area contributed by atoms with Gasteiger partial charge in [0.2, 0.25) is 5.91 Å². The summed E-state index contributed by atoms with van der Waals surface area (Å²) in [5, 5.41) is 5.45. The minimum atomic E-state index is -0.0467. The molecule has 1 atom stereocenters. The molecule has 0 bridgehead atoms. The van der Waals surface area contributed by atoms with Gasteiger partial charge in [-0.05, 0) is 38.3 Å². The molecule has 1 amide bonds. The van der Waals surface area contributed by atoms with Gasteiger partial charge in [0, 0.05) is 55.4 Å². The van der Waals surface area contributed by atoms with Crippen molar-refractivity contribution in [2.75, 3.05) is 25.0 Å². The third-order valence-corrected chi connectivity index (χ3v) is 6.59. The number of amides is 1. The van der Waals surface area contributed by atoms with Crippen molar-refractivity contribution < 1.29 is 4.79 Å². The van der Waals surface area contributed by atoms with Crippen molar-refractivity contribution in [1.29, 1.82) is 0 Å². The van der Waals surface area contributed by atoms with Crippen molar-refractivity contribution >= 4 is 23.3 Å². The lowest BCUT2D eigenvalue weighted by Crippen LogP contribution is -2.43. The molecule has 2 aromatic heterocycles. The molecule has 1 saturated heterocycles. The van der Waals surface area contributed by atoms with E-state index in [2.05, 4.69) is 21.8 Å². The van der Waals surface area contributed by atoms with E-state index in [1.54, 1.807) is 18.6 Å². The lowest BCUT2D eigenvalue weighted by atomic mass is 9.96. The van der Waals surface area contributed by atoms with Gasteiger partial charge in [-0.15, -0.1) is 0 Å². The van der Waals surface area contributed by atoms with Crippen molar-refractivity contribution in [2.45, 2.75) is 39.8 Å². The van der Waals surface area contributed by atoms with Crippen LogP contribution >= 0.6 is 11.6 Å². The second-order valence-electron chi connectivity index (χ2n) is 8.44. The molecule has 0 aliphatic carbocycles. The Morgan fingerprint density at radius 1 is 1.25 bits per heavy atom. The number of hydrogen-bond acceptors (Lipinski definition) is 5. The Kier molecular flexibility index (Phi) is 6.74. The Balaban J connectivity index is 1.44. The van der Waals surface area contributed by atoms with E-state index >= 15 is 0 Å². The largest absolute Gasteiger partial charge is 0.355 e. The van der Waals surface area contributed by atoms with Crippen LogP contribution in [0.4, 0.5) is 5.82 Å². The third kappa shape index (κ3) is 4.78. The van der Waals surface area contributed by atoms with Gasteiger partial charge >= 0.3 is 0 Å². The lowest BCUT2D eigenvalue weighted by molar-refractivity contribution is -0.135. The molecule has 1 fully saturated rings. The smallest absolute Gasteiger partial charge is 0.227 e. The predicted octanol–water partition coefficient (Wildman–Crippen LogP) is 3.87. The third-order valence-electron chi connectivity index (χ3n) is 6.22. The SMILES string of the molecule is Cc1nn(Cc2ccccc2Cl)c(C)c1CN(C)C(=O)C1CCCN(c2cnccn2)C1. The van der Waals surface area contributed by atoms with E-state index in [-0.39, 0.29) is 11.8 Å². The van der Waals surface area contributed by atoms with Gasteiger partial charge in [0.1, 0.15) is 5.82 Å². The number of carbonyl (C=O) groups is 1. The van der Waals surface area contributed by atoms with Crippen LogP contribution in [-0.2, 0) is 17.9 Å². The average Bonchev–Trinajstić information content (AvgIpc) is 3.08. The van der Waals surface area contributed by atoms with Crippen LogP contribution in [0, 0.1) is 19.8 Å². The van der Waals surface area contributed by atoms with Crippen LogP contribution in [0.1, 0.15) is 35.4 Å². The number of piperidine rings is 1. The standard InChI is InChI=1S/C24H29ClN6O/c1-17-21(18(2)31(28-17)15-19-7-4-5-9-22(19)25)16-29(3)24(32)20-8-6-12-30(14-20)23-13-26-10-11-27-23/h4-5,7,9-11,13,20H,6,8,12,14-16H2,1-3H3. The first-order chi connectivity index (χ1) is 15.4. The molecule has 4 rings (SSSR count). The highest BCUT2D eigenvalue weighted by Gasteiger charge is 2.29. The number of nitrogens with zero attached hydrogens (tertiary/aromatic N) is 6. The Morgan fingerprint density at radius 3 is 2.81 bits per heavy atom. The molecule has 1 unspecified atom stereocenters. The summed E-state index contributed by atoms with van der Waals surface area (Å²) in [6.45, 7) is 6.78. The minimum Gasteiger partial charge on any atom is -0.355 e. The van der Waals surface area contributed by atoms with Gasteiger partial charge in [-0.1, -0.05) is 29.8 Å². The molecule has 1 aliphatic heterocycles. The maximum absolute atomic E-state index is 13.3. The quantitative estimate of drug-likeness (QED) is 0.568. The van der Waals surface area contributed by atoms with Crippen LogP contribution in [-0.4, -0.2) is 50.7 Å². The molecular formula is C24H29ClN6O. The number of rotatable bonds is 6. The van der Waals surface area contributed by atoms with Crippen molar-refractivity contribution in [2.24, 2.45) is 5.92 Å². The van der Waals surface area contributed by atoms with E-state index in [0.29, 0.717) is 19.6 Å². The summed E-state index contributed by atoms with van der Waals surface area (Å²) in [4.78, 5) is 25.8. The van der Waals surface area contributed by atoms with Crippen molar-refractivity contribution in [3.8, 4) is 0 Å². The highest BCUT2D eigenvalue weighted by Crippen LogP contribution is 2.24. The summed E-state index contributed by atoms with van der Waals surface area (Å²) in [7, 11) is 1.88. The van der Waals surface area contributed by atoms with Gasteiger partial charge in [0.05, 0.1) is 24.4 Å². The monoisotopic (exact) mass is 452 g/mol. The molecule has 7 nitrogen and oxygen atoms in total. The Bertz CT molecular complexity index is 1080. The molecule has 3 aromatic rings. The number of aromatic nitrogens is 4. The number of hydrogen-bond donors (Lipinski definition) is 0. The summed E-state index contributed by atoms with van der Waals surface area (Å²) in [6.07, 6.45) is 6.98. The van der Waals surface area contributed by atoms with Gasteiger partial charge in [0.25, 0.3) is 0 Å². The minimum absolute atomic E-state index is 0.0467. The van der Waals surface area contributed by atoms with Crippen molar-refractivity contribution in [1.82, 2.24) is 24.6 Å². The molecule has 8 heteroatoms. The molecule has 32 heavy (non-hydrogen) atoms. The molecule has 0 spiro atoms. The summed E-state index contributed by atoms with van der Waals surface area (Å²) >= 11 is 6.33. The highest BCUT2D eigenvalue weighted by molar-refractivity contribution is 6.31. The Hall–Kier alpha value is -2.93. The summed E-state index contributed by atoms with van der Waals surface area (Å²) in [6, 6.07) is 7.81. The molecular weight excluding hydrogens is 424 g/mol. The van der Waals surface area contributed by atoms with Crippen LogP contribution in [0.5, 0.6) is 0 Å². The number of halogens is 1. The van der Waals surface area contributed by atoms with E-state index in [1.807, 2.05) is 47.8 Å². The Morgan fingerprint density at radius 2 is 2.06 bits per heavy atom. The fourth-order valence-electron chi connectivity index (χ4n) is 4.37. The fraction of sp³-hybridized carbons (Fsp3) is 0.417. The molecule has 168 valence electrons. The lowest BCUT2D eigenvalue weighted by Gasteiger charge is -2.34. The first-order valence-corrected chi connectivity index (χ1v) is 11.3. The molecule has 0 N–H and O–H groups in total. The van der Waals surface area contributed by atoms with E-state index in [0.717, 1.165) is 52.7 Å². The number of benzene rings is 1. The normalized spacial score (nSPS) is 16.2. The number of aryl methyl sites for hydroxylation is 1. The van der Waals surface area contributed by atoms with Crippen LogP contribution < -0.4 is 4.90 Å². The maximum Gasteiger partial charge on any atom is 0.227 e. The first kappa shape index (κ1) is 22.3. The first-order valence-electron chi connectivity index (χ1n) is 11.0. The molecule has 1 aromatic carbocycles. The summed E-state index contributed by atoms with van der Waals surface area (Å²) in [5.74, 6) is 0.950. The zero-order valence-electron chi connectivity index (χ0n) is 18.8. The zero-order valence-corrected chi connectivity index (χ0v) is 19.6. The highest BCUT2D eigenvalue weighted by atomic mass is 35.5. The maximum atomic E-state index is 13.3. The van der Waals surface area contributed by atoms with E-state index < -0.39 is 0 Å². The molecule has 1 aliphatic rings. The summed E-state index contributed by atoms with van der Waals surface area (Å²) in [5.41, 5.74) is 4.13. The fourth-order valence-corrected chi connectivity index (χ4v) is 4.57. The molecule has 0 radical (unpaired) electrons. The van der Waals surface area contributed by atoms with Gasteiger partial charge < -0.3 is 9.80 Å². The van der Waals surface area contributed by atoms with Crippen LogP contribution in [0.3, 0.4) is 0 Å². The van der Waals surface area contributed by atoms with Crippen LogP contribution in [0.25, 0.3) is 0 Å². The number of anilines is 1. The zero-order chi connectivity index (χ0) is 22.7. The van der Waals surface area contributed by atoms with E-state index in [4.69, 9.17) is 16.7 Å². The molecule has 3 heterocycles. The van der Waals surface area contributed by atoms with Crippen LogP contribution in [0.2, 0.25) is 5.02 Å².